The molecule has 114 valence electrons. The van der Waals surface area contributed by atoms with E-state index in [2.05, 4.69) is 26.0 Å². The molecule has 2 aromatic rings. The lowest BCUT2D eigenvalue weighted by Gasteiger charge is -2.15. The predicted octanol–water partition coefficient (Wildman–Crippen LogP) is 3.52. The number of nitrogens with zero attached hydrogens (tertiary/aromatic N) is 3. The SMILES string of the molecule is CCCn1ncc(Br)c1C(N)c1ccc(C(F)(F)F)cn1. The summed E-state index contributed by atoms with van der Waals surface area (Å²) in [5, 5.41) is 4.19. The quantitative estimate of drug-likeness (QED) is 0.905. The zero-order chi connectivity index (χ0) is 15.6. The van der Waals surface area contributed by atoms with Gasteiger partial charge in [0.25, 0.3) is 0 Å². The molecule has 2 N–H and O–H groups in total. The minimum Gasteiger partial charge on any atom is -0.318 e. The Morgan fingerprint density at radius 3 is 2.57 bits per heavy atom. The molecule has 21 heavy (non-hydrogen) atoms. The molecule has 4 nitrogen and oxygen atoms in total. The summed E-state index contributed by atoms with van der Waals surface area (Å²) in [7, 11) is 0. The molecule has 8 heteroatoms. The Morgan fingerprint density at radius 2 is 2.05 bits per heavy atom. The smallest absolute Gasteiger partial charge is 0.318 e. The van der Waals surface area contributed by atoms with E-state index in [4.69, 9.17) is 5.73 Å². The molecule has 0 aliphatic rings. The Hall–Kier alpha value is -1.41. The van der Waals surface area contributed by atoms with E-state index in [9.17, 15) is 13.2 Å². The molecule has 0 saturated carbocycles. The first-order chi connectivity index (χ1) is 9.84. The van der Waals surface area contributed by atoms with E-state index < -0.39 is 17.8 Å². The highest BCUT2D eigenvalue weighted by Gasteiger charge is 2.31. The number of rotatable bonds is 4. The molecule has 0 aliphatic heterocycles. The fourth-order valence-electron chi connectivity index (χ4n) is 1.97. The fraction of sp³-hybridized carbons (Fsp3) is 0.385. The Kier molecular flexibility index (Phi) is 4.67. The van der Waals surface area contributed by atoms with Crippen LogP contribution in [0.15, 0.2) is 29.0 Å². The zero-order valence-electron chi connectivity index (χ0n) is 11.2. The molecule has 0 aliphatic carbocycles. The summed E-state index contributed by atoms with van der Waals surface area (Å²) in [6.45, 7) is 2.68. The van der Waals surface area contributed by atoms with Gasteiger partial charge in [-0.1, -0.05) is 6.92 Å². The lowest BCUT2D eigenvalue weighted by molar-refractivity contribution is -0.137. The summed E-state index contributed by atoms with van der Waals surface area (Å²) in [5.74, 6) is 0. The summed E-state index contributed by atoms with van der Waals surface area (Å²) < 4.78 is 40.0. The van der Waals surface area contributed by atoms with Crippen LogP contribution in [0.3, 0.4) is 0 Å². The maximum absolute atomic E-state index is 12.5. The Morgan fingerprint density at radius 1 is 1.33 bits per heavy atom. The minimum absolute atomic E-state index is 0.363. The Balaban J connectivity index is 2.32. The Bertz CT molecular complexity index is 607. The van der Waals surface area contributed by atoms with Gasteiger partial charge in [-0.05, 0) is 34.5 Å². The number of hydrogen-bond acceptors (Lipinski definition) is 3. The number of alkyl halides is 3. The van der Waals surface area contributed by atoms with Crippen LogP contribution in [-0.2, 0) is 12.7 Å². The molecule has 2 aromatic heterocycles. The van der Waals surface area contributed by atoms with E-state index in [1.807, 2.05) is 6.92 Å². The molecular formula is C13H14BrF3N4. The minimum atomic E-state index is -4.40. The first-order valence-electron chi connectivity index (χ1n) is 6.34. The van der Waals surface area contributed by atoms with Crippen molar-refractivity contribution in [3.8, 4) is 0 Å². The third kappa shape index (κ3) is 3.44. The van der Waals surface area contributed by atoms with E-state index in [1.165, 1.54) is 6.07 Å². The molecular weight excluding hydrogens is 349 g/mol. The van der Waals surface area contributed by atoms with Gasteiger partial charge in [0.05, 0.1) is 33.7 Å². The maximum Gasteiger partial charge on any atom is 0.417 e. The number of aromatic nitrogens is 3. The van der Waals surface area contributed by atoms with Gasteiger partial charge in [0.1, 0.15) is 0 Å². The van der Waals surface area contributed by atoms with Crippen molar-refractivity contribution in [3.63, 3.8) is 0 Å². The lowest BCUT2D eigenvalue weighted by Crippen LogP contribution is -2.19. The number of halogens is 4. The second-order valence-electron chi connectivity index (χ2n) is 4.55. The third-order valence-electron chi connectivity index (χ3n) is 3.00. The van der Waals surface area contributed by atoms with Crippen molar-refractivity contribution in [1.82, 2.24) is 14.8 Å². The molecule has 1 atom stereocenters. The van der Waals surface area contributed by atoms with Crippen LogP contribution in [0, 0.1) is 0 Å². The molecule has 0 fully saturated rings. The third-order valence-corrected chi connectivity index (χ3v) is 3.61. The average Bonchev–Trinajstić information content (AvgIpc) is 2.79. The highest BCUT2D eigenvalue weighted by Crippen LogP contribution is 2.30. The number of hydrogen-bond donors (Lipinski definition) is 1. The second-order valence-corrected chi connectivity index (χ2v) is 5.40. The molecule has 0 saturated heterocycles. The van der Waals surface area contributed by atoms with E-state index in [0.29, 0.717) is 22.4 Å². The van der Waals surface area contributed by atoms with Crippen LogP contribution < -0.4 is 5.73 Å². The Labute approximate surface area is 128 Å². The van der Waals surface area contributed by atoms with E-state index >= 15 is 0 Å². The largest absolute Gasteiger partial charge is 0.417 e. The summed E-state index contributed by atoms with van der Waals surface area (Å²) in [4.78, 5) is 3.84. The van der Waals surface area contributed by atoms with Crippen molar-refractivity contribution in [2.75, 3.05) is 0 Å². The van der Waals surface area contributed by atoms with Gasteiger partial charge in [-0.3, -0.25) is 9.67 Å². The zero-order valence-corrected chi connectivity index (χ0v) is 12.8. The standard InChI is InChI=1S/C13H14BrF3N4/c1-2-5-21-12(9(14)7-20-21)11(18)10-4-3-8(6-19-10)13(15,16)17/h3-4,6-7,11H,2,5,18H2,1H3. The van der Waals surface area contributed by atoms with Gasteiger partial charge in [-0.15, -0.1) is 0 Å². The van der Waals surface area contributed by atoms with Gasteiger partial charge >= 0.3 is 6.18 Å². The number of pyridine rings is 1. The van der Waals surface area contributed by atoms with Gasteiger partial charge in [-0.2, -0.15) is 18.3 Å². The van der Waals surface area contributed by atoms with E-state index in [1.54, 1.807) is 10.9 Å². The summed E-state index contributed by atoms with van der Waals surface area (Å²) >= 11 is 3.36. The first kappa shape index (κ1) is 16.0. The van der Waals surface area contributed by atoms with Crippen LogP contribution in [0.1, 0.15) is 36.3 Å². The van der Waals surface area contributed by atoms with Crippen molar-refractivity contribution in [2.45, 2.75) is 32.1 Å². The monoisotopic (exact) mass is 362 g/mol. The predicted molar refractivity (Wildman–Crippen MR) is 75.5 cm³/mol. The highest BCUT2D eigenvalue weighted by molar-refractivity contribution is 9.10. The van der Waals surface area contributed by atoms with Crippen molar-refractivity contribution in [1.29, 1.82) is 0 Å². The molecule has 0 aromatic carbocycles. The van der Waals surface area contributed by atoms with Crippen molar-refractivity contribution >= 4 is 15.9 Å². The lowest BCUT2D eigenvalue weighted by atomic mass is 10.1. The molecule has 1 unspecified atom stereocenters. The first-order valence-corrected chi connectivity index (χ1v) is 7.13. The van der Waals surface area contributed by atoms with Crippen molar-refractivity contribution in [2.24, 2.45) is 5.73 Å². The highest BCUT2D eigenvalue weighted by atomic mass is 79.9. The second kappa shape index (κ2) is 6.15. The van der Waals surface area contributed by atoms with Crippen LogP contribution in [0.25, 0.3) is 0 Å². The summed E-state index contributed by atoms with van der Waals surface area (Å²) in [5.41, 5.74) is 6.39. The van der Waals surface area contributed by atoms with Gasteiger partial charge in [-0.25, -0.2) is 0 Å². The van der Waals surface area contributed by atoms with E-state index in [-0.39, 0.29) is 0 Å². The topological polar surface area (TPSA) is 56.7 Å². The van der Waals surface area contributed by atoms with Gasteiger partial charge in [0, 0.05) is 12.7 Å². The number of nitrogens with two attached hydrogens (primary N) is 1. The molecule has 0 bridgehead atoms. The normalized spacial score (nSPS) is 13.4. The van der Waals surface area contributed by atoms with Gasteiger partial charge in [0.2, 0.25) is 0 Å². The summed E-state index contributed by atoms with van der Waals surface area (Å²) in [6.07, 6.45) is -1.12. The molecule has 0 amide bonds. The van der Waals surface area contributed by atoms with Crippen LogP contribution in [0.2, 0.25) is 0 Å². The van der Waals surface area contributed by atoms with Crippen molar-refractivity contribution in [3.05, 3.63) is 46.0 Å². The van der Waals surface area contributed by atoms with Crippen molar-refractivity contribution < 1.29 is 13.2 Å². The van der Waals surface area contributed by atoms with Gasteiger partial charge in [0.15, 0.2) is 0 Å². The van der Waals surface area contributed by atoms with Gasteiger partial charge < -0.3 is 5.73 Å². The molecule has 2 rings (SSSR count). The van der Waals surface area contributed by atoms with Crippen LogP contribution in [0.5, 0.6) is 0 Å². The van der Waals surface area contributed by atoms with Crippen LogP contribution >= 0.6 is 15.9 Å². The summed E-state index contributed by atoms with van der Waals surface area (Å²) in [6, 6.07) is 1.63. The van der Waals surface area contributed by atoms with E-state index in [0.717, 1.165) is 18.7 Å². The van der Waals surface area contributed by atoms with Crippen LogP contribution in [0.4, 0.5) is 13.2 Å². The number of aryl methyl sites for hydroxylation is 1. The maximum atomic E-state index is 12.5. The molecule has 0 spiro atoms. The molecule has 0 radical (unpaired) electrons. The molecule has 2 heterocycles. The average molecular weight is 363 g/mol. The van der Waals surface area contributed by atoms with Crippen LogP contribution in [-0.4, -0.2) is 14.8 Å². The fourth-order valence-corrected chi connectivity index (χ4v) is 2.51.